The quantitative estimate of drug-likeness (QED) is 0.872. The largest absolute Gasteiger partial charge is 0.312 e. The Morgan fingerprint density at radius 2 is 2.17 bits per heavy atom. The zero-order valence-electron chi connectivity index (χ0n) is 10.7. The van der Waals surface area contributed by atoms with Gasteiger partial charge in [-0.05, 0) is 59.8 Å². The third-order valence-electron chi connectivity index (χ3n) is 4.03. The molecular formula is C16H19NS. The summed E-state index contributed by atoms with van der Waals surface area (Å²) in [6, 6.07) is 11.7. The number of nitrogens with one attached hydrogen (secondary N) is 1. The van der Waals surface area contributed by atoms with Crippen LogP contribution in [-0.2, 0) is 6.42 Å². The van der Waals surface area contributed by atoms with Gasteiger partial charge in [-0.1, -0.05) is 24.3 Å². The Morgan fingerprint density at radius 1 is 1.28 bits per heavy atom. The summed E-state index contributed by atoms with van der Waals surface area (Å²) in [4.78, 5) is 0. The van der Waals surface area contributed by atoms with Crippen LogP contribution in [-0.4, -0.2) is 7.05 Å². The first-order valence-corrected chi connectivity index (χ1v) is 7.61. The highest BCUT2D eigenvalue weighted by molar-refractivity contribution is 7.07. The zero-order valence-corrected chi connectivity index (χ0v) is 11.5. The SMILES string of the molecule is CNC(c1ccsc1)C1CCCc2ccccc21. The molecule has 1 nitrogen and oxygen atoms in total. The first-order valence-electron chi connectivity index (χ1n) is 6.67. The first kappa shape index (κ1) is 11.9. The molecule has 0 amide bonds. The van der Waals surface area contributed by atoms with E-state index in [1.165, 1.54) is 24.8 Å². The minimum atomic E-state index is 0.456. The number of hydrogen-bond donors (Lipinski definition) is 1. The van der Waals surface area contributed by atoms with E-state index in [-0.39, 0.29) is 0 Å². The van der Waals surface area contributed by atoms with Crippen molar-refractivity contribution in [1.29, 1.82) is 0 Å². The lowest BCUT2D eigenvalue weighted by Gasteiger charge is -2.32. The number of hydrogen-bond acceptors (Lipinski definition) is 2. The second kappa shape index (κ2) is 5.25. The zero-order chi connectivity index (χ0) is 12.4. The topological polar surface area (TPSA) is 12.0 Å². The molecule has 0 bridgehead atoms. The Morgan fingerprint density at radius 3 is 2.94 bits per heavy atom. The van der Waals surface area contributed by atoms with Crippen LogP contribution in [0.1, 0.15) is 41.5 Å². The van der Waals surface area contributed by atoms with Gasteiger partial charge < -0.3 is 5.32 Å². The Labute approximate surface area is 113 Å². The lowest BCUT2D eigenvalue weighted by molar-refractivity contribution is 0.426. The van der Waals surface area contributed by atoms with E-state index in [2.05, 4.69) is 53.5 Å². The van der Waals surface area contributed by atoms with Gasteiger partial charge in [0.15, 0.2) is 0 Å². The molecule has 0 saturated carbocycles. The minimum absolute atomic E-state index is 0.456. The van der Waals surface area contributed by atoms with Crippen LogP contribution >= 0.6 is 11.3 Å². The van der Waals surface area contributed by atoms with Crippen molar-refractivity contribution < 1.29 is 0 Å². The summed E-state index contributed by atoms with van der Waals surface area (Å²) in [6.07, 6.45) is 3.84. The van der Waals surface area contributed by atoms with Crippen LogP contribution in [0, 0.1) is 0 Å². The number of fused-ring (bicyclic) bond motifs is 1. The molecule has 1 heterocycles. The molecule has 2 heteroatoms. The molecule has 1 aliphatic rings. The molecule has 2 unspecified atom stereocenters. The highest BCUT2D eigenvalue weighted by Gasteiger charge is 2.27. The molecule has 1 aromatic heterocycles. The highest BCUT2D eigenvalue weighted by Crippen LogP contribution is 2.40. The molecular weight excluding hydrogens is 238 g/mol. The van der Waals surface area contributed by atoms with Gasteiger partial charge in [-0.25, -0.2) is 0 Å². The second-order valence-corrected chi connectivity index (χ2v) is 5.80. The molecule has 1 aromatic carbocycles. The van der Waals surface area contributed by atoms with E-state index in [0.29, 0.717) is 12.0 Å². The summed E-state index contributed by atoms with van der Waals surface area (Å²) in [6.45, 7) is 0. The first-order chi connectivity index (χ1) is 8.90. The summed E-state index contributed by atoms with van der Waals surface area (Å²) in [7, 11) is 2.08. The highest BCUT2D eigenvalue weighted by atomic mass is 32.1. The predicted octanol–water partition coefficient (Wildman–Crippen LogP) is 4.13. The second-order valence-electron chi connectivity index (χ2n) is 5.02. The molecule has 18 heavy (non-hydrogen) atoms. The van der Waals surface area contributed by atoms with Crippen LogP contribution in [0.4, 0.5) is 0 Å². The van der Waals surface area contributed by atoms with Gasteiger partial charge in [0, 0.05) is 12.0 Å². The van der Waals surface area contributed by atoms with Gasteiger partial charge in [0.25, 0.3) is 0 Å². The number of aryl methyl sites for hydroxylation is 1. The third-order valence-corrected chi connectivity index (χ3v) is 4.73. The van der Waals surface area contributed by atoms with E-state index in [4.69, 9.17) is 0 Å². The summed E-state index contributed by atoms with van der Waals surface area (Å²) >= 11 is 1.79. The number of thiophene rings is 1. The molecule has 94 valence electrons. The summed E-state index contributed by atoms with van der Waals surface area (Å²) in [5.41, 5.74) is 4.53. The van der Waals surface area contributed by atoms with Gasteiger partial charge in [0.2, 0.25) is 0 Å². The Hall–Kier alpha value is -1.12. The Balaban J connectivity index is 1.97. The van der Waals surface area contributed by atoms with E-state index < -0.39 is 0 Å². The van der Waals surface area contributed by atoms with Crippen molar-refractivity contribution in [3.63, 3.8) is 0 Å². The van der Waals surface area contributed by atoms with Crippen molar-refractivity contribution in [3.8, 4) is 0 Å². The van der Waals surface area contributed by atoms with Crippen molar-refractivity contribution in [2.45, 2.75) is 31.2 Å². The maximum absolute atomic E-state index is 3.52. The molecule has 2 atom stereocenters. The summed E-state index contributed by atoms with van der Waals surface area (Å²) < 4.78 is 0. The molecule has 0 spiro atoms. The van der Waals surface area contributed by atoms with E-state index in [1.54, 1.807) is 22.5 Å². The number of benzene rings is 1. The fourth-order valence-electron chi connectivity index (χ4n) is 3.19. The molecule has 0 aliphatic heterocycles. The van der Waals surface area contributed by atoms with Crippen molar-refractivity contribution >= 4 is 11.3 Å². The fourth-order valence-corrected chi connectivity index (χ4v) is 3.89. The molecule has 1 aliphatic carbocycles. The van der Waals surface area contributed by atoms with Crippen LogP contribution in [0.15, 0.2) is 41.1 Å². The van der Waals surface area contributed by atoms with Gasteiger partial charge >= 0.3 is 0 Å². The van der Waals surface area contributed by atoms with Crippen LogP contribution < -0.4 is 5.32 Å². The van der Waals surface area contributed by atoms with Crippen LogP contribution in [0.2, 0.25) is 0 Å². The fraction of sp³-hybridized carbons (Fsp3) is 0.375. The molecule has 0 radical (unpaired) electrons. The molecule has 1 N–H and O–H groups in total. The van der Waals surface area contributed by atoms with Crippen molar-refractivity contribution in [3.05, 3.63) is 57.8 Å². The van der Waals surface area contributed by atoms with E-state index in [1.807, 2.05) is 0 Å². The van der Waals surface area contributed by atoms with Gasteiger partial charge in [-0.2, -0.15) is 11.3 Å². The van der Waals surface area contributed by atoms with Crippen LogP contribution in [0.25, 0.3) is 0 Å². The lowest BCUT2D eigenvalue weighted by Crippen LogP contribution is -2.26. The average Bonchev–Trinajstić information content (AvgIpc) is 2.94. The van der Waals surface area contributed by atoms with Gasteiger partial charge in [-0.15, -0.1) is 0 Å². The molecule has 2 aromatic rings. The number of likely N-dealkylation sites (N-methyl/N-ethyl adjacent to an activating group) is 1. The van der Waals surface area contributed by atoms with Crippen molar-refractivity contribution in [2.75, 3.05) is 7.05 Å². The molecule has 3 rings (SSSR count). The van der Waals surface area contributed by atoms with Gasteiger partial charge in [0.05, 0.1) is 0 Å². The average molecular weight is 257 g/mol. The molecule has 0 fully saturated rings. The smallest absolute Gasteiger partial charge is 0.0395 e. The van der Waals surface area contributed by atoms with E-state index in [0.717, 1.165) is 0 Å². The van der Waals surface area contributed by atoms with Crippen LogP contribution in [0.3, 0.4) is 0 Å². The minimum Gasteiger partial charge on any atom is -0.312 e. The lowest BCUT2D eigenvalue weighted by atomic mass is 9.77. The number of rotatable bonds is 3. The summed E-state index contributed by atoms with van der Waals surface area (Å²) in [5.74, 6) is 0.620. The van der Waals surface area contributed by atoms with E-state index >= 15 is 0 Å². The summed E-state index contributed by atoms with van der Waals surface area (Å²) in [5, 5.41) is 7.97. The normalized spacial score (nSPS) is 20.4. The maximum atomic E-state index is 3.52. The standard InChI is InChI=1S/C16H19NS/c1-17-16(13-9-10-18-11-13)15-8-4-6-12-5-2-3-7-14(12)15/h2-3,5,7,9-11,15-17H,4,6,8H2,1H3. The monoisotopic (exact) mass is 257 g/mol. The van der Waals surface area contributed by atoms with E-state index in [9.17, 15) is 0 Å². The van der Waals surface area contributed by atoms with Crippen LogP contribution in [0.5, 0.6) is 0 Å². The van der Waals surface area contributed by atoms with Gasteiger partial charge in [-0.3, -0.25) is 0 Å². The maximum Gasteiger partial charge on any atom is 0.0395 e. The predicted molar refractivity (Wildman–Crippen MR) is 78.2 cm³/mol. The Kier molecular flexibility index (Phi) is 3.48. The Bertz CT molecular complexity index is 504. The third kappa shape index (κ3) is 2.11. The van der Waals surface area contributed by atoms with Crippen molar-refractivity contribution in [2.24, 2.45) is 0 Å². The van der Waals surface area contributed by atoms with Gasteiger partial charge in [0.1, 0.15) is 0 Å². The molecule has 0 saturated heterocycles. The van der Waals surface area contributed by atoms with Crippen molar-refractivity contribution in [1.82, 2.24) is 5.32 Å².